The van der Waals surface area contributed by atoms with Crippen LogP contribution in [-0.2, 0) is 13.5 Å². The van der Waals surface area contributed by atoms with Crippen LogP contribution < -0.4 is 4.90 Å². The van der Waals surface area contributed by atoms with Crippen molar-refractivity contribution in [2.75, 3.05) is 18.0 Å². The molecule has 0 bridgehead atoms. The maximum Gasteiger partial charge on any atom is 0.163 e. The smallest absolute Gasteiger partial charge is 0.163 e. The maximum atomic E-state index is 4.79. The molecule has 0 unspecified atom stereocenters. The Labute approximate surface area is 139 Å². The number of aromatic nitrogens is 5. The molecule has 23 heavy (non-hydrogen) atoms. The van der Waals surface area contributed by atoms with E-state index in [9.17, 15) is 0 Å². The highest BCUT2D eigenvalue weighted by Gasteiger charge is 2.26. The van der Waals surface area contributed by atoms with Crippen LogP contribution in [0.2, 0.25) is 0 Å². The van der Waals surface area contributed by atoms with E-state index >= 15 is 0 Å². The summed E-state index contributed by atoms with van der Waals surface area (Å²) in [6.45, 7) is 4.16. The highest BCUT2D eigenvalue weighted by atomic mass is 32.1. The van der Waals surface area contributed by atoms with Crippen molar-refractivity contribution < 1.29 is 0 Å². The number of hydrogen-bond acceptors (Lipinski definition) is 6. The van der Waals surface area contributed by atoms with Gasteiger partial charge in [-0.2, -0.15) is 5.10 Å². The van der Waals surface area contributed by atoms with E-state index in [1.807, 2.05) is 13.2 Å². The zero-order valence-corrected chi connectivity index (χ0v) is 14.3. The molecule has 1 saturated heterocycles. The normalized spacial score (nSPS) is 18.7. The van der Waals surface area contributed by atoms with Crippen molar-refractivity contribution in [1.82, 2.24) is 24.7 Å². The zero-order chi connectivity index (χ0) is 15.8. The average Bonchev–Trinajstić information content (AvgIpc) is 3.22. The largest absolute Gasteiger partial charge is 0.355 e. The minimum absolute atomic E-state index is 0.496. The Morgan fingerprint density at radius 3 is 3.09 bits per heavy atom. The van der Waals surface area contributed by atoms with Crippen LogP contribution in [0.15, 0.2) is 17.9 Å². The third-order valence-electron chi connectivity index (χ3n) is 4.51. The van der Waals surface area contributed by atoms with Gasteiger partial charge in [-0.3, -0.25) is 4.68 Å². The number of aryl methyl sites for hydroxylation is 2. The van der Waals surface area contributed by atoms with Crippen molar-refractivity contribution in [3.8, 4) is 0 Å². The Hall–Kier alpha value is -2.02. The van der Waals surface area contributed by atoms with Crippen LogP contribution in [0.5, 0.6) is 0 Å². The lowest BCUT2D eigenvalue weighted by molar-refractivity contribution is 0.505. The first-order chi connectivity index (χ1) is 11.3. The Balaban J connectivity index is 1.63. The van der Waals surface area contributed by atoms with Gasteiger partial charge in [0.25, 0.3) is 0 Å². The number of nitrogens with zero attached hydrogens (tertiary/aromatic N) is 6. The van der Waals surface area contributed by atoms with Crippen LogP contribution in [0.25, 0.3) is 11.0 Å². The van der Waals surface area contributed by atoms with E-state index in [2.05, 4.69) is 32.3 Å². The molecule has 3 aromatic heterocycles. The lowest BCUT2D eigenvalue weighted by Gasteiger charge is -2.32. The Bertz CT molecular complexity index is 823. The van der Waals surface area contributed by atoms with Gasteiger partial charge < -0.3 is 4.90 Å². The second-order valence-electron chi connectivity index (χ2n) is 6.02. The first-order valence-corrected chi connectivity index (χ1v) is 8.96. The third-order valence-corrected chi connectivity index (χ3v) is 5.57. The molecule has 0 N–H and O–H groups in total. The predicted octanol–water partition coefficient (Wildman–Crippen LogP) is 2.77. The van der Waals surface area contributed by atoms with E-state index in [1.54, 1.807) is 22.3 Å². The van der Waals surface area contributed by atoms with E-state index in [1.165, 1.54) is 17.1 Å². The van der Waals surface area contributed by atoms with Crippen molar-refractivity contribution in [2.45, 2.75) is 32.1 Å². The van der Waals surface area contributed by atoms with Gasteiger partial charge in [0, 0.05) is 31.4 Å². The molecule has 1 aliphatic heterocycles. The van der Waals surface area contributed by atoms with E-state index in [4.69, 9.17) is 4.98 Å². The summed E-state index contributed by atoms with van der Waals surface area (Å²) in [6, 6.07) is 0. The molecule has 3 aromatic rings. The van der Waals surface area contributed by atoms with Crippen LogP contribution in [0.3, 0.4) is 0 Å². The summed E-state index contributed by atoms with van der Waals surface area (Å²) in [6.07, 6.45) is 6.88. The SMILES string of the molecule is CCc1csc([C@H]2CCCN(c3ncnc4c3cnn4C)C2)n1. The van der Waals surface area contributed by atoms with E-state index in [0.29, 0.717) is 5.92 Å². The Morgan fingerprint density at radius 1 is 1.35 bits per heavy atom. The fraction of sp³-hybridized carbons (Fsp3) is 0.500. The lowest BCUT2D eigenvalue weighted by Crippen LogP contribution is -2.35. The van der Waals surface area contributed by atoms with Gasteiger partial charge in [0.2, 0.25) is 0 Å². The van der Waals surface area contributed by atoms with Crippen molar-refractivity contribution in [3.63, 3.8) is 0 Å². The number of rotatable bonds is 3. The van der Waals surface area contributed by atoms with Crippen molar-refractivity contribution >= 4 is 28.2 Å². The van der Waals surface area contributed by atoms with Gasteiger partial charge in [0.05, 0.1) is 22.3 Å². The zero-order valence-electron chi connectivity index (χ0n) is 13.4. The van der Waals surface area contributed by atoms with E-state index in [-0.39, 0.29) is 0 Å². The fourth-order valence-corrected chi connectivity index (χ4v) is 4.28. The van der Waals surface area contributed by atoms with Gasteiger partial charge >= 0.3 is 0 Å². The van der Waals surface area contributed by atoms with Gasteiger partial charge in [-0.05, 0) is 19.3 Å². The highest BCUT2D eigenvalue weighted by Crippen LogP contribution is 2.33. The number of thiazole rings is 1. The molecule has 120 valence electrons. The van der Waals surface area contributed by atoms with Gasteiger partial charge in [-0.25, -0.2) is 15.0 Å². The molecule has 0 spiro atoms. The number of anilines is 1. The van der Waals surface area contributed by atoms with Crippen LogP contribution in [-0.4, -0.2) is 37.8 Å². The minimum atomic E-state index is 0.496. The van der Waals surface area contributed by atoms with Gasteiger partial charge in [0.1, 0.15) is 12.1 Å². The Morgan fingerprint density at radius 2 is 2.26 bits per heavy atom. The summed E-state index contributed by atoms with van der Waals surface area (Å²) in [5.41, 5.74) is 2.10. The molecular formula is C16H20N6S. The van der Waals surface area contributed by atoms with E-state index in [0.717, 1.165) is 42.8 Å². The molecule has 7 heteroatoms. The van der Waals surface area contributed by atoms with Crippen LogP contribution in [0.4, 0.5) is 5.82 Å². The van der Waals surface area contributed by atoms with Crippen LogP contribution in [0, 0.1) is 0 Å². The average molecular weight is 328 g/mol. The molecule has 4 heterocycles. The van der Waals surface area contributed by atoms with Crippen molar-refractivity contribution in [2.24, 2.45) is 7.05 Å². The first kappa shape index (κ1) is 14.6. The summed E-state index contributed by atoms with van der Waals surface area (Å²) >= 11 is 1.80. The number of piperidine rings is 1. The second kappa shape index (κ2) is 5.88. The number of hydrogen-bond donors (Lipinski definition) is 0. The summed E-state index contributed by atoms with van der Waals surface area (Å²) in [5.74, 6) is 1.50. The third kappa shape index (κ3) is 2.59. The summed E-state index contributed by atoms with van der Waals surface area (Å²) in [7, 11) is 1.92. The van der Waals surface area contributed by atoms with E-state index < -0.39 is 0 Å². The lowest BCUT2D eigenvalue weighted by atomic mass is 9.98. The van der Waals surface area contributed by atoms with Gasteiger partial charge in [-0.15, -0.1) is 11.3 Å². The topological polar surface area (TPSA) is 59.7 Å². The van der Waals surface area contributed by atoms with Crippen molar-refractivity contribution in [3.05, 3.63) is 28.6 Å². The summed E-state index contributed by atoms with van der Waals surface area (Å²) in [5, 5.41) is 8.81. The molecule has 1 fully saturated rings. The molecular weight excluding hydrogens is 308 g/mol. The van der Waals surface area contributed by atoms with Crippen LogP contribution >= 0.6 is 11.3 Å². The molecule has 0 aliphatic carbocycles. The van der Waals surface area contributed by atoms with Gasteiger partial charge in [0.15, 0.2) is 5.65 Å². The second-order valence-corrected chi connectivity index (χ2v) is 6.91. The maximum absolute atomic E-state index is 4.79. The molecule has 6 nitrogen and oxygen atoms in total. The van der Waals surface area contributed by atoms with Gasteiger partial charge in [-0.1, -0.05) is 6.92 Å². The molecule has 1 aliphatic rings. The molecule has 0 saturated carbocycles. The first-order valence-electron chi connectivity index (χ1n) is 8.08. The number of fused-ring (bicyclic) bond motifs is 1. The summed E-state index contributed by atoms with van der Waals surface area (Å²) < 4.78 is 1.80. The highest BCUT2D eigenvalue weighted by molar-refractivity contribution is 7.09. The standard InChI is InChI=1S/C16H20N6S/c1-3-12-9-23-16(20-12)11-5-4-6-22(8-11)15-13-7-19-21(2)14(13)17-10-18-15/h7,9-11H,3-6,8H2,1-2H3/t11-/m0/s1. The molecule has 0 radical (unpaired) electrons. The fourth-order valence-electron chi connectivity index (χ4n) is 3.25. The molecule has 4 rings (SSSR count). The quantitative estimate of drug-likeness (QED) is 0.740. The van der Waals surface area contributed by atoms with Crippen molar-refractivity contribution in [1.29, 1.82) is 0 Å². The predicted molar refractivity (Wildman–Crippen MR) is 92.0 cm³/mol. The monoisotopic (exact) mass is 328 g/mol. The minimum Gasteiger partial charge on any atom is -0.355 e. The Kier molecular flexibility index (Phi) is 3.72. The summed E-state index contributed by atoms with van der Waals surface area (Å²) in [4.78, 5) is 16.0. The molecule has 1 atom stereocenters. The molecule has 0 aromatic carbocycles. The van der Waals surface area contributed by atoms with Crippen LogP contribution in [0.1, 0.15) is 36.4 Å². The molecule has 0 amide bonds.